The molecule has 1 aliphatic heterocycles. The second-order valence-corrected chi connectivity index (χ2v) is 7.44. The molecule has 1 atom stereocenters. The number of aryl methyl sites for hydroxylation is 1. The highest BCUT2D eigenvalue weighted by Gasteiger charge is 2.34. The normalized spacial score (nSPS) is 16.4. The minimum absolute atomic E-state index is 0.0911. The Morgan fingerprint density at radius 1 is 1.30 bits per heavy atom. The molecule has 0 radical (unpaired) electrons. The minimum atomic E-state index is -4.96. The van der Waals surface area contributed by atoms with E-state index in [4.69, 9.17) is 0 Å². The molecule has 3 rings (SSSR count). The maximum absolute atomic E-state index is 13.9. The molecule has 162 valence electrons. The van der Waals surface area contributed by atoms with Crippen molar-refractivity contribution in [3.05, 3.63) is 41.3 Å². The van der Waals surface area contributed by atoms with Gasteiger partial charge in [-0.25, -0.2) is 9.37 Å². The number of fused-ring (bicyclic) bond motifs is 1. The number of halogens is 4. The number of hydrogen-bond donors (Lipinski definition) is 2. The number of carbonyl (C=O) groups excluding carboxylic acids is 1. The molecule has 0 unspecified atom stereocenters. The summed E-state index contributed by atoms with van der Waals surface area (Å²) in [6.07, 6.45) is -4.96. The van der Waals surface area contributed by atoms with Crippen molar-refractivity contribution < 1.29 is 27.1 Å². The number of rotatable bonds is 5. The molecule has 1 aliphatic rings. The van der Waals surface area contributed by atoms with E-state index in [0.29, 0.717) is 22.8 Å². The molecule has 1 amide bonds. The van der Waals surface area contributed by atoms with E-state index in [1.807, 2.05) is 25.8 Å². The maximum Gasteiger partial charge on any atom is 0.573 e. The van der Waals surface area contributed by atoms with Crippen molar-refractivity contribution in [2.75, 3.05) is 22.6 Å². The Bertz CT molecular complexity index is 963. The van der Waals surface area contributed by atoms with E-state index in [1.54, 1.807) is 13.0 Å². The molecule has 0 fully saturated rings. The molecule has 2 heterocycles. The predicted molar refractivity (Wildman–Crippen MR) is 105 cm³/mol. The monoisotopic (exact) mass is 426 g/mol. The second kappa shape index (κ2) is 8.00. The van der Waals surface area contributed by atoms with Crippen molar-refractivity contribution in [3.8, 4) is 5.75 Å². The summed E-state index contributed by atoms with van der Waals surface area (Å²) in [5.74, 6) is -1.50. The topological polar surface area (TPSA) is 66.5 Å². The number of hydrogen-bond acceptors (Lipinski definition) is 5. The quantitative estimate of drug-likeness (QED) is 0.692. The van der Waals surface area contributed by atoms with Gasteiger partial charge in [-0.3, -0.25) is 4.79 Å². The Balaban J connectivity index is 1.78. The van der Waals surface area contributed by atoms with Crippen LogP contribution in [0.1, 0.15) is 25.1 Å². The van der Waals surface area contributed by atoms with Crippen LogP contribution < -0.4 is 20.3 Å². The van der Waals surface area contributed by atoms with E-state index in [-0.39, 0.29) is 24.4 Å². The van der Waals surface area contributed by atoms with Gasteiger partial charge in [0.1, 0.15) is 11.9 Å². The van der Waals surface area contributed by atoms with Gasteiger partial charge in [-0.2, -0.15) is 0 Å². The van der Waals surface area contributed by atoms with E-state index < -0.39 is 17.9 Å². The Morgan fingerprint density at radius 3 is 2.60 bits per heavy atom. The van der Waals surface area contributed by atoms with Crippen LogP contribution in [-0.4, -0.2) is 30.3 Å². The fourth-order valence-corrected chi connectivity index (χ4v) is 3.51. The number of nitrogens with one attached hydrogen (secondary N) is 2. The highest BCUT2D eigenvalue weighted by molar-refractivity contribution is 6.04. The van der Waals surface area contributed by atoms with E-state index in [0.717, 1.165) is 17.8 Å². The largest absolute Gasteiger partial charge is 0.573 e. The Hall–Kier alpha value is -3.04. The lowest BCUT2D eigenvalue weighted by Crippen LogP contribution is -2.49. The van der Waals surface area contributed by atoms with Gasteiger partial charge in [-0.1, -0.05) is 19.9 Å². The summed E-state index contributed by atoms with van der Waals surface area (Å²) < 4.78 is 54.3. The molecule has 0 spiro atoms. The van der Waals surface area contributed by atoms with Crippen molar-refractivity contribution in [2.24, 2.45) is 5.92 Å². The average Bonchev–Trinajstić information content (AvgIpc) is 2.62. The zero-order valence-electron chi connectivity index (χ0n) is 16.9. The standard InChI is InChI=1S/C20H22F4N4O2/c1-10(2)18-19(29)27-17-11(3)26-16(8-14(17)28(18)4)25-9-12-5-6-15(13(21)7-12)30-20(22,23)24/h5-8,10,18H,9H2,1-4H3,(H,25,26)(H,27,29)/t18-/m0/s1. The summed E-state index contributed by atoms with van der Waals surface area (Å²) in [5, 5.41) is 5.94. The van der Waals surface area contributed by atoms with Gasteiger partial charge in [-0.05, 0) is 30.5 Å². The Kier molecular flexibility index (Phi) is 5.78. The van der Waals surface area contributed by atoms with Crippen LogP contribution in [0.3, 0.4) is 0 Å². The number of amides is 1. The number of anilines is 3. The van der Waals surface area contributed by atoms with Crippen molar-refractivity contribution in [3.63, 3.8) is 0 Å². The van der Waals surface area contributed by atoms with Gasteiger partial charge in [-0.15, -0.1) is 13.2 Å². The predicted octanol–water partition coefficient (Wildman–Crippen LogP) is 4.45. The molecular weight excluding hydrogens is 404 g/mol. The number of alkyl halides is 3. The van der Waals surface area contributed by atoms with Crippen molar-refractivity contribution in [1.29, 1.82) is 0 Å². The third kappa shape index (κ3) is 4.58. The molecule has 0 aliphatic carbocycles. The number of likely N-dealkylation sites (N-methyl/N-ethyl adjacent to an activating group) is 1. The van der Waals surface area contributed by atoms with Crippen LogP contribution in [0.15, 0.2) is 24.3 Å². The summed E-state index contributed by atoms with van der Waals surface area (Å²) in [6.45, 7) is 5.81. The molecule has 0 saturated heterocycles. The highest BCUT2D eigenvalue weighted by atomic mass is 19.4. The number of pyridine rings is 1. The van der Waals surface area contributed by atoms with Gasteiger partial charge >= 0.3 is 6.36 Å². The zero-order valence-corrected chi connectivity index (χ0v) is 16.9. The third-order valence-electron chi connectivity index (χ3n) is 4.82. The fraction of sp³-hybridized carbons (Fsp3) is 0.400. The molecule has 2 aromatic rings. The first-order valence-electron chi connectivity index (χ1n) is 9.29. The molecule has 0 saturated carbocycles. The summed E-state index contributed by atoms with van der Waals surface area (Å²) in [7, 11) is 1.83. The lowest BCUT2D eigenvalue weighted by Gasteiger charge is -2.38. The van der Waals surface area contributed by atoms with Crippen LogP contribution in [0.4, 0.5) is 34.8 Å². The van der Waals surface area contributed by atoms with Gasteiger partial charge in [0, 0.05) is 19.7 Å². The first kappa shape index (κ1) is 21.7. The number of aromatic nitrogens is 1. The smallest absolute Gasteiger partial charge is 0.403 e. The van der Waals surface area contributed by atoms with Gasteiger partial charge in [0.05, 0.1) is 17.1 Å². The SMILES string of the molecule is Cc1nc(NCc2ccc(OC(F)(F)F)c(F)c2)cc2c1NC(=O)[C@H](C(C)C)N2C. The first-order chi connectivity index (χ1) is 14.0. The summed E-state index contributed by atoms with van der Waals surface area (Å²) in [6, 6.07) is 4.68. The van der Waals surface area contributed by atoms with E-state index in [1.165, 1.54) is 6.07 Å². The molecule has 30 heavy (non-hydrogen) atoms. The lowest BCUT2D eigenvalue weighted by atomic mass is 9.98. The van der Waals surface area contributed by atoms with Gasteiger partial charge < -0.3 is 20.3 Å². The van der Waals surface area contributed by atoms with Crippen LogP contribution in [0.5, 0.6) is 5.75 Å². The first-order valence-corrected chi connectivity index (χ1v) is 9.29. The molecule has 0 bridgehead atoms. The van der Waals surface area contributed by atoms with Crippen molar-refractivity contribution in [1.82, 2.24) is 4.98 Å². The summed E-state index contributed by atoms with van der Waals surface area (Å²) in [5.41, 5.74) is 2.45. The minimum Gasteiger partial charge on any atom is -0.403 e. The fourth-order valence-electron chi connectivity index (χ4n) is 3.51. The lowest BCUT2D eigenvalue weighted by molar-refractivity contribution is -0.275. The van der Waals surface area contributed by atoms with Gasteiger partial charge in [0.25, 0.3) is 0 Å². The number of benzene rings is 1. The Labute approximate surface area is 171 Å². The molecule has 1 aromatic heterocycles. The van der Waals surface area contributed by atoms with Crippen molar-refractivity contribution >= 4 is 23.1 Å². The van der Waals surface area contributed by atoms with Gasteiger partial charge in [0.2, 0.25) is 5.91 Å². The van der Waals surface area contributed by atoms with E-state index >= 15 is 0 Å². The number of ether oxygens (including phenoxy) is 1. The van der Waals surface area contributed by atoms with E-state index in [2.05, 4.69) is 20.4 Å². The van der Waals surface area contributed by atoms with Crippen LogP contribution >= 0.6 is 0 Å². The molecule has 2 N–H and O–H groups in total. The molecule has 6 nitrogen and oxygen atoms in total. The van der Waals surface area contributed by atoms with Crippen LogP contribution in [0.25, 0.3) is 0 Å². The van der Waals surface area contributed by atoms with E-state index in [9.17, 15) is 22.4 Å². The Morgan fingerprint density at radius 2 is 2.00 bits per heavy atom. The third-order valence-corrected chi connectivity index (χ3v) is 4.82. The zero-order chi connectivity index (χ0) is 22.2. The average molecular weight is 426 g/mol. The summed E-state index contributed by atoms with van der Waals surface area (Å²) >= 11 is 0. The molecular formula is C20H22F4N4O2. The molecule has 1 aromatic carbocycles. The second-order valence-electron chi connectivity index (χ2n) is 7.44. The highest BCUT2D eigenvalue weighted by Crippen LogP contribution is 2.36. The summed E-state index contributed by atoms with van der Waals surface area (Å²) in [4.78, 5) is 18.7. The maximum atomic E-state index is 13.9. The van der Waals surface area contributed by atoms with Crippen molar-refractivity contribution in [2.45, 2.75) is 39.7 Å². The number of carbonyl (C=O) groups is 1. The van der Waals surface area contributed by atoms with Crippen LogP contribution in [0, 0.1) is 18.7 Å². The van der Waals surface area contributed by atoms with Crippen LogP contribution in [-0.2, 0) is 11.3 Å². The number of nitrogens with zero attached hydrogens (tertiary/aromatic N) is 2. The molecule has 10 heteroatoms. The van der Waals surface area contributed by atoms with Crippen LogP contribution in [0.2, 0.25) is 0 Å². The van der Waals surface area contributed by atoms with Gasteiger partial charge in [0.15, 0.2) is 11.6 Å².